The topological polar surface area (TPSA) is 47.6 Å². The Kier molecular flexibility index (Phi) is 6.02. The number of ether oxygens (including phenoxy) is 2. The van der Waals surface area contributed by atoms with E-state index in [1.54, 1.807) is 32.4 Å². The van der Waals surface area contributed by atoms with Gasteiger partial charge in [-0.3, -0.25) is 4.79 Å². The highest BCUT2D eigenvalue weighted by Crippen LogP contribution is 2.33. The van der Waals surface area contributed by atoms with Crippen molar-refractivity contribution in [3.8, 4) is 11.5 Å². The first-order chi connectivity index (χ1) is 11.9. The van der Waals surface area contributed by atoms with Crippen LogP contribution in [0.5, 0.6) is 11.5 Å². The van der Waals surface area contributed by atoms with Crippen LogP contribution < -0.4 is 14.8 Å². The molecule has 0 heterocycles. The molecule has 2 rings (SSSR count). The molecule has 134 valence electrons. The Morgan fingerprint density at radius 1 is 1.04 bits per heavy atom. The lowest BCUT2D eigenvalue weighted by Gasteiger charge is -2.25. The van der Waals surface area contributed by atoms with Crippen molar-refractivity contribution in [3.05, 3.63) is 59.4 Å². The van der Waals surface area contributed by atoms with Gasteiger partial charge in [0.1, 0.15) is 5.82 Å². The van der Waals surface area contributed by atoms with E-state index in [0.717, 1.165) is 11.1 Å². The number of hydrogen-bond acceptors (Lipinski definition) is 3. The average Bonchev–Trinajstić information content (AvgIpc) is 2.62. The van der Waals surface area contributed by atoms with E-state index in [-0.39, 0.29) is 11.7 Å². The van der Waals surface area contributed by atoms with Crippen molar-refractivity contribution in [1.29, 1.82) is 0 Å². The number of hydrogen-bond donors (Lipinski definition) is 1. The Balaban J connectivity index is 2.02. The van der Waals surface area contributed by atoms with Gasteiger partial charge in [0.25, 0.3) is 0 Å². The zero-order chi connectivity index (χ0) is 18.4. The van der Waals surface area contributed by atoms with Crippen LogP contribution in [-0.4, -0.2) is 26.7 Å². The van der Waals surface area contributed by atoms with Crippen molar-refractivity contribution in [2.75, 3.05) is 20.8 Å². The van der Waals surface area contributed by atoms with Gasteiger partial charge in [-0.25, -0.2) is 4.39 Å². The molecule has 0 fully saturated rings. The maximum absolute atomic E-state index is 12.9. The lowest BCUT2D eigenvalue weighted by molar-refractivity contribution is -0.125. The number of nitrogens with one attached hydrogen (secondary N) is 1. The first kappa shape index (κ1) is 18.8. The Morgan fingerprint density at radius 3 is 2.28 bits per heavy atom. The van der Waals surface area contributed by atoms with E-state index < -0.39 is 5.41 Å². The molecule has 2 aromatic carbocycles. The first-order valence-corrected chi connectivity index (χ1v) is 8.13. The lowest BCUT2D eigenvalue weighted by atomic mass is 9.83. The second-order valence-electron chi connectivity index (χ2n) is 6.33. The third kappa shape index (κ3) is 4.50. The van der Waals surface area contributed by atoms with Crippen LogP contribution in [0.2, 0.25) is 0 Å². The lowest BCUT2D eigenvalue weighted by Crippen LogP contribution is -2.40. The van der Waals surface area contributed by atoms with Crippen LogP contribution >= 0.6 is 0 Å². The fraction of sp³-hybridized carbons (Fsp3) is 0.350. The third-order valence-electron chi connectivity index (χ3n) is 4.29. The van der Waals surface area contributed by atoms with Crippen LogP contribution in [0.25, 0.3) is 0 Å². The zero-order valence-electron chi connectivity index (χ0n) is 15.1. The van der Waals surface area contributed by atoms with E-state index in [0.29, 0.717) is 24.5 Å². The minimum Gasteiger partial charge on any atom is -0.493 e. The number of amides is 1. The highest BCUT2D eigenvalue weighted by molar-refractivity contribution is 5.87. The van der Waals surface area contributed by atoms with Crippen molar-refractivity contribution in [3.63, 3.8) is 0 Å². The summed E-state index contributed by atoms with van der Waals surface area (Å²) in [6.45, 7) is 4.21. The molecular formula is C20H24FNO3. The monoisotopic (exact) mass is 345 g/mol. The van der Waals surface area contributed by atoms with Crippen LogP contribution in [-0.2, 0) is 16.6 Å². The van der Waals surface area contributed by atoms with Crippen molar-refractivity contribution in [1.82, 2.24) is 5.32 Å². The molecule has 0 spiro atoms. The van der Waals surface area contributed by atoms with E-state index in [9.17, 15) is 9.18 Å². The molecule has 1 amide bonds. The predicted molar refractivity (Wildman–Crippen MR) is 95.7 cm³/mol. The molecule has 0 unspecified atom stereocenters. The van der Waals surface area contributed by atoms with E-state index in [4.69, 9.17) is 9.47 Å². The largest absolute Gasteiger partial charge is 0.493 e. The van der Waals surface area contributed by atoms with Crippen molar-refractivity contribution in [2.24, 2.45) is 0 Å². The van der Waals surface area contributed by atoms with Crippen molar-refractivity contribution >= 4 is 5.91 Å². The van der Waals surface area contributed by atoms with Gasteiger partial charge in [-0.1, -0.05) is 18.2 Å². The summed E-state index contributed by atoms with van der Waals surface area (Å²) < 4.78 is 23.5. The van der Waals surface area contributed by atoms with Gasteiger partial charge >= 0.3 is 0 Å². The Morgan fingerprint density at radius 2 is 1.68 bits per heavy atom. The number of halogens is 1. The summed E-state index contributed by atoms with van der Waals surface area (Å²) in [5, 5.41) is 2.95. The van der Waals surface area contributed by atoms with Crippen molar-refractivity contribution in [2.45, 2.75) is 25.7 Å². The molecule has 0 radical (unpaired) electrons. The number of methoxy groups -OCH3 is 2. The van der Waals surface area contributed by atoms with Gasteiger partial charge in [-0.2, -0.15) is 0 Å². The minimum absolute atomic E-state index is 0.0816. The molecule has 0 saturated carbocycles. The normalized spacial score (nSPS) is 11.1. The van der Waals surface area contributed by atoms with Crippen LogP contribution in [0.4, 0.5) is 4.39 Å². The van der Waals surface area contributed by atoms with Gasteiger partial charge < -0.3 is 14.8 Å². The molecule has 0 aliphatic heterocycles. The highest BCUT2D eigenvalue weighted by Gasteiger charge is 2.30. The van der Waals surface area contributed by atoms with E-state index in [2.05, 4.69) is 5.32 Å². The van der Waals surface area contributed by atoms with Crippen LogP contribution in [0.1, 0.15) is 25.0 Å². The smallest absolute Gasteiger partial charge is 0.230 e. The van der Waals surface area contributed by atoms with Gasteiger partial charge in [0.2, 0.25) is 5.91 Å². The fourth-order valence-corrected chi connectivity index (χ4v) is 2.55. The molecule has 4 nitrogen and oxygen atoms in total. The molecule has 0 atom stereocenters. The van der Waals surface area contributed by atoms with Gasteiger partial charge in [0.05, 0.1) is 19.6 Å². The third-order valence-corrected chi connectivity index (χ3v) is 4.29. The number of carbonyl (C=O) groups excluding carboxylic acids is 1. The molecule has 0 aliphatic rings. The van der Waals surface area contributed by atoms with Crippen molar-refractivity contribution < 1.29 is 18.7 Å². The maximum atomic E-state index is 12.9. The molecule has 0 aliphatic carbocycles. The Labute approximate surface area is 148 Å². The van der Waals surface area contributed by atoms with Gasteiger partial charge in [-0.15, -0.1) is 0 Å². The number of rotatable bonds is 7. The number of benzene rings is 2. The molecule has 0 bridgehead atoms. The molecule has 25 heavy (non-hydrogen) atoms. The quantitative estimate of drug-likeness (QED) is 0.836. The SMILES string of the molecule is COc1ccc(C(C)(C)C(=O)NCCc2ccc(F)cc2)cc1OC. The summed E-state index contributed by atoms with van der Waals surface area (Å²) in [6, 6.07) is 11.8. The Hall–Kier alpha value is -2.56. The second kappa shape index (κ2) is 8.01. The van der Waals surface area contributed by atoms with Crippen LogP contribution in [0, 0.1) is 5.82 Å². The van der Waals surface area contributed by atoms with E-state index in [1.165, 1.54) is 12.1 Å². The van der Waals surface area contributed by atoms with Crippen LogP contribution in [0.3, 0.4) is 0 Å². The maximum Gasteiger partial charge on any atom is 0.230 e. The summed E-state index contributed by atoms with van der Waals surface area (Å²) in [7, 11) is 3.14. The molecular weight excluding hydrogens is 321 g/mol. The minimum atomic E-state index is -0.720. The van der Waals surface area contributed by atoms with Gasteiger partial charge in [0, 0.05) is 6.54 Å². The summed E-state index contributed by atoms with van der Waals surface area (Å²) in [5.74, 6) is 0.871. The van der Waals surface area contributed by atoms with Crippen LogP contribution in [0.15, 0.2) is 42.5 Å². The summed E-state index contributed by atoms with van der Waals surface area (Å²) >= 11 is 0. The first-order valence-electron chi connectivity index (χ1n) is 8.13. The summed E-state index contributed by atoms with van der Waals surface area (Å²) in [6.07, 6.45) is 0.647. The van der Waals surface area contributed by atoms with Gasteiger partial charge in [0.15, 0.2) is 11.5 Å². The van der Waals surface area contributed by atoms with Gasteiger partial charge in [-0.05, 0) is 55.7 Å². The standard InChI is InChI=1S/C20H24FNO3/c1-20(2,15-7-10-17(24-3)18(13-15)25-4)19(23)22-12-11-14-5-8-16(21)9-6-14/h5-10,13H,11-12H2,1-4H3,(H,22,23). The molecule has 1 N–H and O–H groups in total. The summed E-state index contributed by atoms with van der Waals surface area (Å²) in [5.41, 5.74) is 1.09. The Bertz CT molecular complexity index is 726. The molecule has 0 saturated heterocycles. The predicted octanol–water partition coefficient (Wildman–Crippen LogP) is 3.48. The fourth-order valence-electron chi connectivity index (χ4n) is 2.55. The number of carbonyl (C=O) groups is 1. The van der Waals surface area contributed by atoms with E-state index >= 15 is 0 Å². The summed E-state index contributed by atoms with van der Waals surface area (Å²) in [4.78, 5) is 12.6. The second-order valence-corrected chi connectivity index (χ2v) is 6.33. The molecule has 2 aromatic rings. The highest BCUT2D eigenvalue weighted by atomic mass is 19.1. The van der Waals surface area contributed by atoms with E-state index in [1.807, 2.05) is 26.0 Å². The molecule has 0 aromatic heterocycles. The average molecular weight is 345 g/mol. The molecule has 5 heteroatoms. The zero-order valence-corrected chi connectivity index (χ0v) is 15.1.